The number of nitrogens with zero attached hydrogens (tertiary/aromatic N) is 2. The van der Waals surface area contributed by atoms with E-state index >= 15 is 0 Å². The van der Waals surface area contributed by atoms with Gasteiger partial charge in [-0.05, 0) is 12.2 Å². The van der Waals surface area contributed by atoms with Crippen molar-refractivity contribution in [1.29, 1.82) is 0 Å². The fourth-order valence-corrected chi connectivity index (χ4v) is 2.83. The fourth-order valence-electron chi connectivity index (χ4n) is 2.74. The maximum Gasteiger partial charge on any atom is 0.414 e. The molecule has 2 aliphatic heterocycles. The van der Waals surface area contributed by atoms with Crippen molar-refractivity contribution >= 4 is 40.8 Å². The van der Waals surface area contributed by atoms with E-state index in [9.17, 15) is 18.4 Å². The van der Waals surface area contributed by atoms with Crippen LogP contribution in [0, 0.1) is 11.6 Å². The zero-order valence-electron chi connectivity index (χ0n) is 13.8. The number of anilines is 2. The second-order valence-corrected chi connectivity index (χ2v) is 6.07. The number of hydrogen-bond donors (Lipinski definition) is 2. The summed E-state index contributed by atoms with van der Waals surface area (Å²) in [6.45, 7) is 0.191. The molecule has 0 radical (unpaired) electrons. The van der Waals surface area contributed by atoms with Crippen LogP contribution in [0.15, 0.2) is 12.1 Å². The molecule has 26 heavy (non-hydrogen) atoms. The summed E-state index contributed by atoms with van der Waals surface area (Å²) in [5.74, 6) is -2.06. The summed E-state index contributed by atoms with van der Waals surface area (Å²) >= 11 is 4.83. The second-order valence-electron chi connectivity index (χ2n) is 5.70. The molecule has 2 saturated heterocycles. The van der Waals surface area contributed by atoms with Crippen LogP contribution < -0.4 is 20.4 Å². The first-order valence-corrected chi connectivity index (χ1v) is 8.10. The van der Waals surface area contributed by atoms with Gasteiger partial charge in [-0.15, -0.1) is 0 Å². The van der Waals surface area contributed by atoms with Gasteiger partial charge >= 0.3 is 6.09 Å². The third-order valence-corrected chi connectivity index (χ3v) is 4.28. The summed E-state index contributed by atoms with van der Waals surface area (Å²) in [6, 6.07) is 2.08. The number of ether oxygens (including phenoxy) is 2. The van der Waals surface area contributed by atoms with Gasteiger partial charge in [0.15, 0.2) is 11.6 Å². The van der Waals surface area contributed by atoms with Gasteiger partial charge in [-0.25, -0.2) is 13.6 Å². The Morgan fingerprint density at radius 3 is 2.69 bits per heavy atom. The van der Waals surface area contributed by atoms with E-state index in [0.717, 1.165) is 17.0 Å². The molecule has 0 spiro atoms. The third kappa shape index (κ3) is 3.62. The minimum atomic E-state index is -0.869. The predicted octanol–water partition coefficient (Wildman–Crippen LogP) is 0.705. The molecule has 2 aliphatic rings. The van der Waals surface area contributed by atoms with Gasteiger partial charge in [0.1, 0.15) is 11.8 Å². The highest BCUT2D eigenvalue weighted by atomic mass is 32.1. The molecule has 3 rings (SSSR count). The molecular weight excluding hydrogens is 370 g/mol. The SMILES string of the molecule is COC(=S)NC[C@H]1CN(c2cc(F)c(N3CNC(=O)C3)c(F)c2)C(=O)O1. The first-order valence-electron chi connectivity index (χ1n) is 7.69. The third-order valence-electron chi connectivity index (χ3n) is 3.96. The number of carbonyl (C=O) groups excluding carboxylic acids is 2. The van der Waals surface area contributed by atoms with Crippen molar-refractivity contribution in [3.63, 3.8) is 0 Å². The van der Waals surface area contributed by atoms with Gasteiger partial charge in [0, 0.05) is 12.1 Å². The molecule has 0 saturated carbocycles. The summed E-state index contributed by atoms with van der Waals surface area (Å²) in [5, 5.41) is 5.37. The van der Waals surface area contributed by atoms with Crippen molar-refractivity contribution in [2.75, 3.05) is 43.2 Å². The van der Waals surface area contributed by atoms with Crippen LogP contribution in [0.4, 0.5) is 25.0 Å². The van der Waals surface area contributed by atoms with Crippen molar-refractivity contribution in [3.8, 4) is 0 Å². The number of methoxy groups -OCH3 is 1. The second kappa shape index (κ2) is 7.28. The van der Waals surface area contributed by atoms with Crippen molar-refractivity contribution in [3.05, 3.63) is 23.8 Å². The Kier molecular flexibility index (Phi) is 5.07. The average molecular weight is 386 g/mol. The van der Waals surface area contributed by atoms with Gasteiger partial charge in [0.05, 0.1) is 39.1 Å². The van der Waals surface area contributed by atoms with Crippen LogP contribution in [0.25, 0.3) is 0 Å². The maximum atomic E-state index is 14.4. The van der Waals surface area contributed by atoms with Crippen LogP contribution in [0.3, 0.4) is 0 Å². The molecule has 0 aromatic heterocycles. The summed E-state index contributed by atoms with van der Waals surface area (Å²) in [5.41, 5.74) is -0.285. The van der Waals surface area contributed by atoms with Crippen LogP contribution in [0.2, 0.25) is 0 Å². The number of halogens is 2. The van der Waals surface area contributed by atoms with E-state index in [4.69, 9.17) is 21.7 Å². The molecule has 0 aliphatic carbocycles. The Balaban J connectivity index is 1.74. The highest BCUT2D eigenvalue weighted by Gasteiger charge is 2.34. The monoisotopic (exact) mass is 386 g/mol. The van der Waals surface area contributed by atoms with Crippen molar-refractivity contribution in [2.24, 2.45) is 0 Å². The predicted molar refractivity (Wildman–Crippen MR) is 91.9 cm³/mol. The Hall–Kier alpha value is -2.69. The fraction of sp³-hybridized carbons (Fsp3) is 0.400. The van der Waals surface area contributed by atoms with Crippen LogP contribution in [0.5, 0.6) is 0 Å². The molecule has 0 bridgehead atoms. The van der Waals surface area contributed by atoms with Crippen LogP contribution >= 0.6 is 12.2 Å². The number of nitrogens with one attached hydrogen (secondary N) is 2. The quantitative estimate of drug-likeness (QED) is 0.738. The molecule has 140 valence electrons. The molecule has 1 aromatic rings. The van der Waals surface area contributed by atoms with Gasteiger partial charge in [0.25, 0.3) is 5.17 Å². The smallest absolute Gasteiger partial charge is 0.414 e. The number of amides is 2. The van der Waals surface area contributed by atoms with Gasteiger partial charge in [-0.2, -0.15) is 0 Å². The zero-order chi connectivity index (χ0) is 18.8. The first-order chi connectivity index (χ1) is 12.4. The number of rotatable bonds is 4. The van der Waals surface area contributed by atoms with E-state index in [2.05, 4.69) is 10.6 Å². The number of hydrogen-bond acceptors (Lipinski definition) is 6. The Morgan fingerprint density at radius 1 is 1.42 bits per heavy atom. The largest absolute Gasteiger partial charge is 0.474 e. The lowest BCUT2D eigenvalue weighted by molar-refractivity contribution is -0.118. The van der Waals surface area contributed by atoms with Crippen LogP contribution in [-0.2, 0) is 14.3 Å². The molecule has 2 fully saturated rings. The maximum absolute atomic E-state index is 14.4. The lowest BCUT2D eigenvalue weighted by Crippen LogP contribution is -2.34. The van der Waals surface area contributed by atoms with Crippen LogP contribution in [0.1, 0.15) is 0 Å². The standard InChI is InChI=1S/C15H16F2N4O4S/c1-24-14(26)18-4-9-5-21(15(23)25-9)8-2-10(16)13(11(17)3-8)20-6-12(22)19-7-20/h2-3,9H,4-7H2,1H3,(H,18,26)(H,19,22)/t9-/m0/s1. The molecule has 0 unspecified atom stereocenters. The van der Waals surface area contributed by atoms with Gasteiger partial charge in [-0.1, -0.05) is 0 Å². The molecule has 11 heteroatoms. The average Bonchev–Trinajstić information content (AvgIpc) is 3.17. The van der Waals surface area contributed by atoms with Crippen molar-refractivity contribution in [2.45, 2.75) is 6.10 Å². The van der Waals surface area contributed by atoms with Crippen LogP contribution in [-0.4, -0.2) is 56.7 Å². The molecule has 2 heterocycles. The number of cyclic esters (lactones) is 1. The first kappa shape index (κ1) is 18.1. The van der Waals surface area contributed by atoms with Gasteiger partial charge in [-0.3, -0.25) is 9.69 Å². The van der Waals surface area contributed by atoms with E-state index in [1.807, 2.05) is 0 Å². The Labute approximate surface area is 153 Å². The number of thiocarbonyl (C=S) groups is 1. The highest BCUT2D eigenvalue weighted by Crippen LogP contribution is 2.31. The normalized spacial score (nSPS) is 19.4. The summed E-state index contributed by atoms with van der Waals surface area (Å²) in [7, 11) is 1.40. The zero-order valence-corrected chi connectivity index (χ0v) is 14.6. The van der Waals surface area contributed by atoms with E-state index in [1.54, 1.807) is 0 Å². The molecule has 1 atom stereocenters. The molecule has 2 amide bonds. The molecule has 2 N–H and O–H groups in total. The number of carbonyl (C=O) groups is 2. The Bertz CT molecular complexity index is 740. The molecular formula is C15H16F2N4O4S. The van der Waals surface area contributed by atoms with E-state index in [1.165, 1.54) is 12.0 Å². The highest BCUT2D eigenvalue weighted by molar-refractivity contribution is 7.80. The number of benzene rings is 1. The summed E-state index contributed by atoms with van der Waals surface area (Å²) < 4.78 is 38.8. The van der Waals surface area contributed by atoms with E-state index < -0.39 is 23.8 Å². The molecule has 8 nitrogen and oxygen atoms in total. The minimum Gasteiger partial charge on any atom is -0.474 e. The van der Waals surface area contributed by atoms with E-state index in [-0.39, 0.29) is 48.8 Å². The van der Waals surface area contributed by atoms with Gasteiger partial charge in [0.2, 0.25) is 5.91 Å². The summed E-state index contributed by atoms with van der Waals surface area (Å²) in [6.07, 6.45) is -1.27. The lowest BCUT2D eigenvalue weighted by Gasteiger charge is -2.20. The lowest BCUT2D eigenvalue weighted by atomic mass is 10.2. The van der Waals surface area contributed by atoms with E-state index in [0.29, 0.717) is 0 Å². The summed E-state index contributed by atoms with van der Waals surface area (Å²) in [4.78, 5) is 25.6. The topological polar surface area (TPSA) is 83.1 Å². The Morgan fingerprint density at radius 2 is 2.12 bits per heavy atom. The minimum absolute atomic E-state index is 0.0188. The van der Waals surface area contributed by atoms with Gasteiger partial charge < -0.3 is 25.0 Å². The molecule has 1 aromatic carbocycles. The van der Waals surface area contributed by atoms with Crippen molar-refractivity contribution < 1.29 is 27.8 Å². The van der Waals surface area contributed by atoms with Crippen molar-refractivity contribution in [1.82, 2.24) is 10.6 Å².